The van der Waals surface area contributed by atoms with Gasteiger partial charge >= 0.3 is 0 Å². The van der Waals surface area contributed by atoms with Crippen molar-refractivity contribution in [2.45, 2.75) is 26.3 Å². The number of amides is 2. The van der Waals surface area contributed by atoms with Gasteiger partial charge in [-0.25, -0.2) is 0 Å². The van der Waals surface area contributed by atoms with E-state index in [1.807, 2.05) is 37.4 Å². The Morgan fingerprint density at radius 2 is 1.84 bits per heavy atom. The number of hydrogen-bond acceptors (Lipinski definition) is 4. The summed E-state index contributed by atoms with van der Waals surface area (Å²) in [7, 11) is 2.03. The summed E-state index contributed by atoms with van der Waals surface area (Å²) in [6, 6.07) is 15.3. The molecule has 0 bridgehead atoms. The summed E-state index contributed by atoms with van der Waals surface area (Å²) in [5.41, 5.74) is 3.58. The molecule has 0 saturated heterocycles. The third-order valence-electron chi connectivity index (χ3n) is 5.68. The normalized spacial score (nSPS) is 13.2. The van der Waals surface area contributed by atoms with Crippen LogP contribution in [0.15, 0.2) is 48.5 Å². The highest BCUT2D eigenvalue weighted by Crippen LogP contribution is 2.29. The highest BCUT2D eigenvalue weighted by atomic mass is 16.5. The first-order valence-corrected chi connectivity index (χ1v) is 11.1. The van der Waals surface area contributed by atoms with Gasteiger partial charge in [0.1, 0.15) is 5.75 Å². The number of aryl methyl sites for hydroxylation is 1. The second-order valence-electron chi connectivity index (χ2n) is 8.36. The number of rotatable bonds is 10. The number of benzene rings is 2. The van der Waals surface area contributed by atoms with E-state index in [9.17, 15) is 9.59 Å². The van der Waals surface area contributed by atoms with E-state index in [4.69, 9.17) is 4.74 Å². The minimum absolute atomic E-state index is 0.0242. The Morgan fingerprint density at radius 3 is 2.56 bits per heavy atom. The monoisotopic (exact) mass is 434 g/mol. The van der Waals surface area contributed by atoms with Crippen LogP contribution in [0.2, 0.25) is 0 Å². The third kappa shape index (κ3) is 5.68. The average Bonchev–Trinajstić information content (AvgIpc) is 3.56. The second kappa shape index (κ2) is 9.87. The molecule has 0 aliphatic heterocycles. The lowest BCUT2D eigenvalue weighted by Crippen LogP contribution is -2.30. The Balaban J connectivity index is 1.35. The lowest BCUT2D eigenvalue weighted by atomic mass is 10.2. The maximum Gasteiger partial charge on any atom is 0.255 e. The van der Waals surface area contributed by atoms with Crippen molar-refractivity contribution in [2.24, 2.45) is 13.0 Å². The van der Waals surface area contributed by atoms with Gasteiger partial charge in [-0.05, 0) is 67.3 Å². The zero-order valence-corrected chi connectivity index (χ0v) is 18.6. The van der Waals surface area contributed by atoms with Crippen LogP contribution in [0.5, 0.6) is 5.75 Å². The third-order valence-corrected chi connectivity index (χ3v) is 5.68. The summed E-state index contributed by atoms with van der Waals surface area (Å²) in [6.07, 6.45) is 2.51. The minimum Gasteiger partial charge on any atom is -0.493 e. The summed E-state index contributed by atoms with van der Waals surface area (Å²) in [4.78, 5) is 23.6. The first-order chi connectivity index (χ1) is 15.5. The number of hydrogen-bond donors (Lipinski definition) is 3. The number of ether oxygens (including phenoxy) is 1. The number of aromatic nitrogens is 1. The van der Waals surface area contributed by atoms with Gasteiger partial charge in [-0.15, -0.1) is 0 Å². The van der Waals surface area contributed by atoms with Crippen LogP contribution in [0, 0.1) is 5.92 Å². The molecular weight excluding hydrogens is 404 g/mol. The second-order valence-corrected chi connectivity index (χ2v) is 8.36. The Hall–Kier alpha value is -3.32. The Labute approximate surface area is 188 Å². The van der Waals surface area contributed by atoms with Gasteiger partial charge < -0.3 is 25.3 Å². The molecule has 0 unspecified atom stereocenters. The maximum absolute atomic E-state index is 12.7. The molecule has 168 valence electrons. The van der Waals surface area contributed by atoms with Crippen LogP contribution < -0.4 is 20.7 Å². The number of fused-ring (bicyclic) bond motifs is 1. The standard InChI is InChI=1S/C25H30N4O3/c1-17(30)27-12-11-26-15-22-14-20-13-21(7-10-24(20)29(22)2)28-25(31)19-5-8-23(9-6-19)32-16-18-3-4-18/h5-10,13-14,18,26H,3-4,11-12,15-16H2,1-2H3,(H,27,30)(H,28,31). The highest BCUT2D eigenvalue weighted by Gasteiger charge is 2.21. The van der Waals surface area contributed by atoms with E-state index < -0.39 is 0 Å². The number of carbonyl (C=O) groups is 2. The molecule has 1 aromatic heterocycles. The quantitative estimate of drug-likeness (QED) is 0.427. The van der Waals surface area contributed by atoms with Crippen molar-refractivity contribution in [2.75, 3.05) is 25.0 Å². The van der Waals surface area contributed by atoms with E-state index in [1.54, 1.807) is 12.1 Å². The Morgan fingerprint density at radius 1 is 1.06 bits per heavy atom. The van der Waals surface area contributed by atoms with Crippen molar-refractivity contribution < 1.29 is 14.3 Å². The molecule has 1 fully saturated rings. The smallest absolute Gasteiger partial charge is 0.255 e. The van der Waals surface area contributed by atoms with Gasteiger partial charge in [-0.1, -0.05) is 0 Å². The molecule has 1 aliphatic rings. The first kappa shape index (κ1) is 21.9. The van der Waals surface area contributed by atoms with Crippen LogP contribution in [0.3, 0.4) is 0 Å². The van der Waals surface area contributed by atoms with Gasteiger partial charge in [-0.2, -0.15) is 0 Å². The fraction of sp³-hybridized carbons (Fsp3) is 0.360. The number of carbonyl (C=O) groups excluding carboxylic acids is 2. The molecule has 1 aliphatic carbocycles. The number of nitrogens with one attached hydrogen (secondary N) is 3. The van der Waals surface area contributed by atoms with Gasteiger partial charge in [0.15, 0.2) is 0 Å². The van der Waals surface area contributed by atoms with Crippen molar-refractivity contribution >= 4 is 28.4 Å². The van der Waals surface area contributed by atoms with Gasteiger partial charge in [0.2, 0.25) is 5.91 Å². The lowest BCUT2D eigenvalue weighted by molar-refractivity contribution is -0.118. The zero-order valence-electron chi connectivity index (χ0n) is 18.6. The summed E-state index contributed by atoms with van der Waals surface area (Å²) < 4.78 is 7.87. The van der Waals surface area contributed by atoms with Crippen LogP contribution in [0.1, 0.15) is 35.8 Å². The van der Waals surface area contributed by atoms with Crippen molar-refractivity contribution in [1.29, 1.82) is 0 Å². The van der Waals surface area contributed by atoms with Crippen LogP contribution in [-0.2, 0) is 18.4 Å². The lowest BCUT2D eigenvalue weighted by Gasteiger charge is -2.08. The molecule has 2 amide bonds. The van der Waals surface area contributed by atoms with Crippen LogP contribution in [0.25, 0.3) is 10.9 Å². The zero-order chi connectivity index (χ0) is 22.5. The van der Waals surface area contributed by atoms with Crippen molar-refractivity contribution in [1.82, 2.24) is 15.2 Å². The molecule has 3 N–H and O–H groups in total. The van der Waals surface area contributed by atoms with Crippen molar-refractivity contribution in [3.8, 4) is 5.75 Å². The maximum atomic E-state index is 12.7. The predicted molar refractivity (Wildman–Crippen MR) is 126 cm³/mol. The van der Waals surface area contributed by atoms with E-state index in [0.717, 1.165) is 34.6 Å². The molecule has 7 heteroatoms. The molecule has 3 aromatic rings. The van der Waals surface area contributed by atoms with Gasteiger partial charge in [-0.3, -0.25) is 9.59 Å². The fourth-order valence-electron chi connectivity index (χ4n) is 3.60. The topological polar surface area (TPSA) is 84.4 Å². The molecule has 7 nitrogen and oxygen atoms in total. The van der Waals surface area contributed by atoms with Gasteiger partial charge in [0.05, 0.1) is 6.61 Å². The van der Waals surface area contributed by atoms with E-state index in [2.05, 4.69) is 26.6 Å². The molecule has 0 radical (unpaired) electrons. The van der Waals surface area contributed by atoms with E-state index in [1.165, 1.54) is 19.8 Å². The summed E-state index contributed by atoms with van der Waals surface area (Å²) in [6.45, 7) is 4.27. The van der Waals surface area contributed by atoms with Crippen molar-refractivity contribution in [3.05, 3.63) is 59.8 Å². The van der Waals surface area contributed by atoms with Crippen molar-refractivity contribution in [3.63, 3.8) is 0 Å². The highest BCUT2D eigenvalue weighted by molar-refractivity contribution is 6.05. The van der Waals surface area contributed by atoms with E-state index >= 15 is 0 Å². The van der Waals surface area contributed by atoms with Crippen LogP contribution >= 0.6 is 0 Å². The van der Waals surface area contributed by atoms with Crippen LogP contribution in [-0.4, -0.2) is 36.1 Å². The Kier molecular flexibility index (Phi) is 6.75. The van der Waals surface area contributed by atoms with E-state index in [0.29, 0.717) is 31.1 Å². The molecule has 32 heavy (non-hydrogen) atoms. The number of nitrogens with zero attached hydrogens (tertiary/aromatic N) is 1. The molecule has 0 spiro atoms. The summed E-state index contributed by atoms with van der Waals surface area (Å²) in [5, 5.41) is 10.2. The molecule has 2 aromatic carbocycles. The SMILES string of the molecule is CC(=O)NCCNCc1cc2cc(NC(=O)c3ccc(OCC4CC4)cc3)ccc2n1C. The van der Waals surface area contributed by atoms with Gasteiger partial charge in [0.25, 0.3) is 5.91 Å². The molecule has 1 heterocycles. The molecule has 4 rings (SSSR count). The average molecular weight is 435 g/mol. The largest absolute Gasteiger partial charge is 0.493 e. The predicted octanol–water partition coefficient (Wildman–Crippen LogP) is 3.45. The summed E-state index contributed by atoms with van der Waals surface area (Å²) in [5.74, 6) is 1.33. The first-order valence-electron chi connectivity index (χ1n) is 11.1. The minimum atomic E-state index is -0.145. The molecule has 1 saturated carbocycles. The van der Waals surface area contributed by atoms with E-state index in [-0.39, 0.29) is 11.8 Å². The fourth-order valence-corrected chi connectivity index (χ4v) is 3.60. The summed E-state index contributed by atoms with van der Waals surface area (Å²) >= 11 is 0. The number of anilines is 1. The Bertz CT molecular complexity index is 1100. The van der Waals surface area contributed by atoms with Crippen LogP contribution in [0.4, 0.5) is 5.69 Å². The molecular formula is C25H30N4O3. The van der Waals surface area contributed by atoms with Gasteiger partial charge in [0, 0.05) is 61.5 Å². The molecule has 0 atom stereocenters.